The molecule has 20 heavy (non-hydrogen) atoms. The average molecular weight is 353 g/mol. The van der Waals surface area contributed by atoms with Crippen LogP contribution in [0, 0.1) is 6.92 Å². The van der Waals surface area contributed by atoms with Gasteiger partial charge in [-0.05, 0) is 60.1 Å². The monoisotopic (exact) mass is 352 g/mol. The molecule has 2 aromatic rings. The van der Waals surface area contributed by atoms with Gasteiger partial charge in [0.25, 0.3) is 5.91 Å². The Morgan fingerprint density at radius 1 is 1.35 bits per heavy atom. The molecule has 1 amide bonds. The van der Waals surface area contributed by atoms with Crippen molar-refractivity contribution in [1.82, 2.24) is 4.90 Å². The van der Waals surface area contributed by atoms with Gasteiger partial charge >= 0.3 is 0 Å². The maximum atomic E-state index is 12.5. The number of thiophene rings is 1. The molecule has 0 radical (unpaired) electrons. The third kappa shape index (κ3) is 3.04. The summed E-state index contributed by atoms with van der Waals surface area (Å²) in [5.74, 6) is -0.0252. The van der Waals surface area contributed by atoms with Gasteiger partial charge < -0.3 is 10.6 Å². The Kier molecular flexibility index (Phi) is 4.50. The first-order valence-corrected chi connectivity index (χ1v) is 7.89. The van der Waals surface area contributed by atoms with Crippen LogP contribution in [0.15, 0.2) is 34.8 Å². The highest BCUT2D eigenvalue weighted by atomic mass is 79.9. The number of carbonyl (C=O) groups is 1. The van der Waals surface area contributed by atoms with E-state index >= 15 is 0 Å². The highest BCUT2D eigenvalue weighted by molar-refractivity contribution is 9.10. The first kappa shape index (κ1) is 15.1. The van der Waals surface area contributed by atoms with E-state index in [1.54, 1.807) is 34.4 Å². The summed E-state index contributed by atoms with van der Waals surface area (Å²) in [6, 6.07) is 9.49. The molecule has 0 fully saturated rings. The van der Waals surface area contributed by atoms with Crippen molar-refractivity contribution in [2.75, 3.05) is 12.8 Å². The molecule has 0 saturated heterocycles. The molecule has 1 unspecified atom stereocenters. The lowest BCUT2D eigenvalue weighted by Crippen LogP contribution is -2.29. The molecule has 1 atom stereocenters. The standard InChI is InChI=1S/C15H17BrN2OS/c1-9-4-7-14(20-9)10(2)18(3)15(19)11-5-6-12(16)13(17)8-11/h4-8,10H,17H2,1-3H3. The Bertz CT molecular complexity index is 639. The van der Waals surface area contributed by atoms with E-state index in [0.717, 1.165) is 4.47 Å². The third-order valence-corrected chi connectivity index (χ3v) is 5.21. The fraction of sp³-hybridized carbons (Fsp3) is 0.267. The zero-order valence-corrected chi connectivity index (χ0v) is 14.1. The number of hydrogen-bond donors (Lipinski definition) is 1. The number of hydrogen-bond acceptors (Lipinski definition) is 3. The fourth-order valence-corrected chi connectivity index (χ4v) is 3.14. The van der Waals surface area contributed by atoms with Crippen molar-refractivity contribution < 1.29 is 4.79 Å². The number of halogens is 1. The lowest BCUT2D eigenvalue weighted by atomic mass is 10.1. The Labute approximate surface area is 131 Å². The van der Waals surface area contributed by atoms with Gasteiger partial charge in [-0.3, -0.25) is 4.79 Å². The summed E-state index contributed by atoms with van der Waals surface area (Å²) in [4.78, 5) is 16.7. The molecule has 0 bridgehead atoms. The van der Waals surface area contributed by atoms with E-state index < -0.39 is 0 Å². The lowest BCUT2D eigenvalue weighted by molar-refractivity contribution is 0.0745. The van der Waals surface area contributed by atoms with Gasteiger partial charge in [0.05, 0.1) is 6.04 Å². The zero-order valence-electron chi connectivity index (χ0n) is 11.7. The fourth-order valence-electron chi connectivity index (χ4n) is 1.93. The van der Waals surface area contributed by atoms with E-state index in [4.69, 9.17) is 5.73 Å². The maximum Gasteiger partial charge on any atom is 0.254 e. The molecule has 0 saturated carbocycles. The summed E-state index contributed by atoms with van der Waals surface area (Å²) in [6.45, 7) is 4.10. The second kappa shape index (κ2) is 5.97. The van der Waals surface area contributed by atoms with E-state index in [1.807, 2.05) is 14.0 Å². The summed E-state index contributed by atoms with van der Waals surface area (Å²) in [5.41, 5.74) is 7.01. The summed E-state index contributed by atoms with van der Waals surface area (Å²) >= 11 is 5.05. The van der Waals surface area contributed by atoms with E-state index in [2.05, 4.69) is 35.0 Å². The van der Waals surface area contributed by atoms with E-state index in [0.29, 0.717) is 11.3 Å². The molecule has 0 aliphatic carbocycles. The summed E-state index contributed by atoms with van der Waals surface area (Å²) < 4.78 is 0.804. The van der Waals surface area contributed by atoms with Gasteiger partial charge in [0, 0.05) is 32.5 Å². The number of nitrogens with zero attached hydrogens (tertiary/aromatic N) is 1. The molecule has 0 spiro atoms. The number of carbonyl (C=O) groups excluding carboxylic acids is 1. The summed E-state index contributed by atoms with van der Waals surface area (Å²) in [6.07, 6.45) is 0. The minimum Gasteiger partial charge on any atom is -0.398 e. The minimum absolute atomic E-state index is 0.0252. The smallest absolute Gasteiger partial charge is 0.254 e. The van der Waals surface area contributed by atoms with Gasteiger partial charge in [-0.25, -0.2) is 0 Å². The third-order valence-electron chi connectivity index (χ3n) is 3.32. The van der Waals surface area contributed by atoms with Crippen molar-refractivity contribution in [1.29, 1.82) is 0 Å². The molecule has 2 N–H and O–H groups in total. The minimum atomic E-state index is -0.0252. The molecule has 3 nitrogen and oxygen atoms in total. The van der Waals surface area contributed by atoms with Crippen molar-refractivity contribution in [3.05, 3.63) is 50.1 Å². The molecule has 1 heterocycles. The van der Waals surface area contributed by atoms with Gasteiger partial charge in [0.1, 0.15) is 0 Å². The molecular formula is C15H17BrN2OS. The number of rotatable bonds is 3. The van der Waals surface area contributed by atoms with Crippen LogP contribution < -0.4 is 5.73 Å². The maximum absolute atomic E-state index is 12.5. The van der Waals surface area contributed by atoms with Crippen LogP contribution in [0.4, 0.5) is 5.69 Å². The predicted octanol–water partition coefficient (Wildman–Crippen LogP) is 4.23. The van der Waals surface area contributed by atoms with Crippen molar-refractivity contribution in [3.8, 4) is 0 Å². The van der Waals surface area contributed by atoms with E-state index in [-0.39, 0.29) is 11.9 Å². The van der Waals surface area contributed by atoms with Crippen LogP contribution in [0.3, 0.4) is 0 Å². The van der Waals surface area contributed by atoms with Crippen LogP contribution in [0.2, 0.25) is 0 Å². The molecular weight excluding hydrogens is 336 g/mol. The number of aryl methyl sites for hydroxylation is 1. The number of nitrogens with two attached hydrogens (primary N) is 1. The molecule has 2 rings (SSSR count). The number of anilines is 1. The highest BCUT2D eigenvalue weighted by Gasteiger charge is 2.20. The van der Waals surface area contributed by atoms with Crippen molar-refractivity contribution in [2.45, 2.75) is 19.9 Å². The highest BCUT2D eigenvalue weighted by Crippen LogP contribution is 2.28. The molecule has 0 aliphatic rings. The molecule has 1 aromatic heterocycles. The first-order chi connectivity index (χ1) is 9.40. The van der Waals surface area contributed by atoms with Gasteiger partial charge in [-0.15, -0.1) is 11.3 Å². The molecule has 5 heteroatoms. The Hall–Kier alpha value is -1.33. The summed E-state index contributed by atoms with van der Waals surface area (Å²) in [7, 11) is 1.82. The van der Waals surface area contributed by atoms with Crippen molar-refractivity contribution >= 4 is 38.9 Å². The van der Waals surface area contributed by atoms with Crippen LogP contribution in [-0.4, -0.2) is 17.9 Å². The van der Waals surface area contributed by atoms with Gasteiger partial charge in [0.2, 0.25) is 0 Å². The second-order valence-electron chi connectivity index (χ2n) is 4.78. The quantitative estimate of drug-likeness (QED) is 0.840. The number of amides is 1. The average Bonchev–Trinajstić information content (AvgIpc) is 2.86. The van der Waals surface area contributed by atoms with E-state index in [9.17, 15) is 4.79 Å². The van der Waals surface area contributed by atoms with Crippen LogP contribution in [0.5, 0.6) is 0 Å². The van der Waals surface area contributed by atoms with Crippen molar-refractivity contribution in [2.24, 2.45) is 0 Å². The van der Waals surface area contributed by atoms with Crippen LogP contribution >= 0.6 is 27.3 Å². The topological polar surface area (TPSA) is 46.3 Å². The predicted molar refractivity (Wildman–Crippen MR) is 88.1 cm³/mol. The lowest BCUT2D eigenvalue weighted by Gasteiger charge is -2.24. The molecule has 0 aliphatic heterocycles. The normalized spacial score (nSPS) is 12.2. The van der Waals surface area contributed by atoms with Crippen molar-refractivity contribution in [3.63, 3.8) is 0 Å². The molecule has 106 valence electrons. The Balaban J connectivity index is 2.21. The van der Waals surface area contributed by atoms with Gasteiger partial charge in [-0.1, -0.05) is 0 Å². The Morgan fingerprint density at radius 2 is 2.05 bits per heavy atom. The van der Waals surface area contributed by atoms with Crippen LogP contribution in [0.1, 0.15) is 33.1 Å². The number of nitrogen functional groups attached to an aromatic ring is 1. The van der Waals surface area contributed by atoms with Crippen LogP contribution in [-0.2, 0) is 0 Å². The SMILES string of the molecule is Cc1ccc(C(C)N(C)C(=O)c2ccc(Br)c(N)c2)s1. The van der Waals surface area contributed by atoms with Gasteiger partial charge in [-0.2, -0.15) is 0 Å². The largest absolute Gasteiger partial charge is 0.398 e. The molecule has 1 aromatic carbocycles. The zero-order chi connectivity index (χ0) is 14.9. The second-order valence-corrected chi connectivity index (χ2v) is 6.95. The van der Waals surface area contributed by atoms with E-state index in [1.165, 1.54) is 9.75 Å². The summed E-state index contributed by atoms with van der Waals surface area (Å²) in [5, 5.41) is 0. The Morgan fingerprint density at radius 3 is 2.60 bits per heavy atom. The van der Waals surface area contributed by atoms with Gasteiger partial charge in [0.15, 0.2) is 0 Å². The first-order valence-electron chi connectivity index (χ1n) is 6.28. The van der Waals surface area contributed by atoms with Crippen LogP contribution in [0.25, 0.3) is 0 Å². The number of benzene rings is 1.